The van der Waals surface area contributed by atoms with E-state index < -0.39 is 5.97 Å². The maximum absolute atomic E-state index is 11.7. The number of fused-ring (bicyclic) bond motifs is 1. The fourth-order valence-corrected chi connectivity index (χ4v) is 2.13. The van der Waals surface area contributed by atoms with Crippen molar-refractivity contribution in [3.63, 3.8) is 0 Å². The summed E-state index contributed by atoms with van der Waals surface area (Å²) >= 11 is 1.33. The minimum absolute atomic E-state index is 0.260. The van der Waals surface area contributed by atoms with Gasteiger partial charge in [-0.15, -0.1) is 0 Å². The average Bonchev–Trinajstić information content (AvgIpc) is 2.54. The van der Waals surface area contributed by atoms with Crippen LogP contribution in [0.1, 0.15) is 17.4 Å². The van der Waals surface area contributed by atoms with Gasteiger partial charge in [0.1, 0.15) is 5.69 Å². The lowest BCUT2D eigenvalue weighted by molar-refractivity contribution is 0.0520. The molecule has 6 nitrogen and oxygen atoms in total. The number of nitrogens with zero attached hydrogens (tertiary/aromatic N) is 3. The number of hydrogen-bond acceptors (Lipinski definition) is 6. The van der Waals surface area contributed by atoms with Gasteiger partial charge in [0.15, 0.2) is 11.4 Å². The summed E-state index contributed by atoms with van der Waals surface area (Å²) in [6.07, 6.45) is 3.66. The Labute approximate surface area is 132 Å². The predicted octanol–water partition coefficient (Wildman–Crippen LogP) is 2.83. The van der Waals surface area contributed by atoms with Crippen molar-refractivity contribution in [2.75, 3.05) is 12.9 Å². The van der Waals surface area contributed by atoms with Crippen LogP contribution in [0.5, 0.6) is 0 Å². The van der Waals surface area contributed by atoms with E-state index in [1.807, 2.05) is 30.6 Å². The molecule has 1 heterocycles. The summed E-state index contributed by atoms with van der Waals surface area (Å²) in [5.74, 6) is -0.450. The minimum atomic E-state index is -0.450. The number of thioether (sulfide) groups is 1. The second-order valence-corrected chi connectivity index (χ2v) is 4.95. The SMILES string of the molecule is CCOC(=O)c1ccc2ccc(N=C(NC#N)SC)cc2n1. The van der Waals surface area contributed by atoms with E-state index in [2.05, 4.69) is 15.3 Å². The second kappa shape index (κ2) is 7.43. The standard InChI is InChI=1S/C15H14N4O2S/c1-3-21-14(20)12-7-5-10-4-6-11(8-13(10)19-12)18-15(22-2)17-9-16/h4-8H,3H2,1-2H3,(H,17,18). The van der Waals surface area contributed by atoms with Crippen molar-refractivity contribution in [1.29, 1.82) is 5.26 Å². The first kappa shape index (κ1) is 15.8. The first-order chi connectivity index (χ1) is 10.7. The Hall–Kier alpha value is -2.59. The van der Waals surface area contributed by atoms with Crippen LogP contribution in [0.3, 0.4) is 0 Å². The molecule has 1 aromatic heterocycles. The fourth-order valence-electron chi connectivity index (χ4n) is 1.78. The Bertz CT molecular complexity index is 768. The molecule has 112 valence electrons. The van der Waals surface area contributed by atoms with Crippen LogP contribution in [0, 0.1) is 11.5 Å². The van der Waals surface area contributed by atoms with Crippen molar-refractivity contribution < 1.29 is 9.53 Å². The molecule has 0 saturated carbocycles. The van der Waals surface area contributed by atoms with E-state index in [0.717, 1.165) is 5.39 Å². The zero-order valence-electron chi connectivity index (χ0n) is 12.2. The molecule has 2 rings (SSSR count). The van der Waals surface area contributed by atoms with Gasteiger partial charge in [-0.05, 0) is 31.4 Å². The molecule has 1 aromatic carbocycles. The molecule has 0 spiro atoms. The van der Waals surface area contributed by atoms with Gasteiger partial charge < -0.3 is 4.74 Å². The largest absolute Gasteiger partial charge is 0.461 e. The molecule has 0 aliphatic rings. The molecule has 0 radical (unpaired) electrons. The van der Waals surface area contributed by atoms with Crippen molar-refractivity contribution in [2.24, 2.45) is 4.99 Å². The summed E-state index contributed by atoms with van der Waals surface area (Å²) in [4.78, 5) is 20.3. The lowest BCUT2D eigenvalue weighted by Gasteiger charge is -2.04. The third-order valence-electron chi connectivity index (χ3n) is 2.75. The van der Waals surface area contributed by atoms with Crippen molar-refractivity contribution in [3.8, 4) is 6.19 Å². The lowest BCUT2D eigenvalue weighted by atomic mass is 10.2. The van der Waals surface area contributed by atoms with Crippen LogP contribution < -0.4 is 5.32 Å². The highest BCUT2D eigenvalue weighted by atomic mass is 32.2. The number of carbonyl (C=O) groups is 1. The Morgan fingerprint density at radius 3 is 2.91 bits per heavy atom. The predicted molar refractivity (Wildman–Crippen MR) is 87.1 cm³/mol. The third kappa shape index (κ3) is 3.74. The number of esters is 1. The summed E-state index contributed by atoms with van der Waals surface area (Å²) in [5.41, 5.74) is 1.55. The number of ether oxygens (including phenoxy) is 1. The molecule has 1 N–H and O–H groups in total. The average molecular weight is 314 g/mol. The number of benzene rings is 1. The summed E-state index contributed by atoms with van der Waals surface area (Å²) in [6.45, 7) is 2.05. The molecule has 7 heteroatoms. The molecule has 0 atom stereocenters. The highest BCUT2D eigenvalue weighted by molar-refractivity contribution is 8.13. The van der Waals surface area contributed by atoms with Crippen LogP contribution in [-0.4, -0.2) is 29.0 Å². The molecule has 22 heavy (non-hydrogen) atoms. The Morgan fingerprint density at radius 1 is 1.45 bits per heavy atom. The molecule has 0 aliphatic heterocycles. The van der Waals surface area contributed by atoms with Gasteiger partial charge in [0.2, 0.25) is 0 Å². The van der Waals surface area contributed by atoms with Gasteiger partial charge in [0.25, 0.3) is 0 Å². The topological polar surface area (TPSA) is 87.4 Å². The number of aliphatic imine (C=N–C) groups is 1. The van der Waals surface area contributed by atoms with Gasteiger partial charge in [-0.25, -0.2) is 14.8 Å². The quantitative estimate of drug-likeness (QED) is 0.308. The molecule has 0 unspecified atom stereocenters. The molecule has 2 aromatic rings. The van der Waals surface area contributed by atoms with E-state index in [1.165, 1.54) is 11.8 Å². The van der Waals surface area contributed by atoms with E-state index in [-0.39, 0.29) is 5.69 Å². The van der Waals surface area contributed by atoms with Crippen LogP contribution in [0.4, 0.5) is 5.69 Å². The number of aromatic nitrogens is 1. The summed E-state index contributed by atoms with van der Waals surface area (Å²) in [6, 6.07) is 8.88. The van der Waals surface area contributed by atoms with E-state index in [4.69, 9.17) is 10.00 Å². The Morgan fingerprint density at radius 2 is 2.23 bits per heavy atom. The number of pyridine rings is 1. The Balaban J connectivity index is 2.40. The fraction of sp³-hybridized carbons (Fsp3) is 0.200. The van der Waals surface area contributed by atoms with Crippen LogP contribution in [0.25, 0.3) is 10.9 Å². The van der Waals surface area contributed by atoms with Gasteiger partial charge in [-0.1, -0.05) is 23.9 Å². The minimum Gasteiger partial charge on any atom is -0.461 e. The van der Waals surface area contributed by atoms with Crippen LogP contribution in [0.15, 0.2) is 35.3 Å². The maximum atomic E-state index is 11.7. The van der Waals surface area contributed by atoms with Crippen molar-refractivity contribution in [1.82, 2.24) is 10.3 Å². The van der Waals surface area contributed by atoms with Gasteiger partial charge in [-0.3, -0.25) is 5.32 Å². The summed E-state index contributed by atoms with van der Waals surface area (Å²) in [5, 5.41) is 12.5. The van der Waals surface area contributed by atoms with E-state index in [1.54, 1.807) is 19.1 Å². The number of nitriles is 1. The molecule has 0 aliphatic carbocycles. The zero-order valence-corrected chi connectivity index (χ0v) is 13.0. The number of hydrogen-bond donors (Lipinski definition) is 1. The van der Waals surface area contributed by atoms with Gasteiger partial charge >= 0.3 is 5.97 Å². The highest BCUT2D eigenvalue weighted by Gasteiger charge is 2.09. The number of rotatable bonds is 3. The lowest BCUT2D eigenvalue weighted by Crippen LogP contribution is -2.12. The smallest absolute Gasteiger partial charge is 0.356 e. The third-order valence-corrected chi connectivity index (χ3v) is 3.33. The zero-order chi connectivity index (χ0) is 15.9. The number of amidine groups is 1. The second-order valence-electron chi connectivity index (χ2n) is 4.15. The number of nitrogens with one attached hydrogen (secondary N) is 1. The van der Waals surface area contributed by atoms with Crippen LogP contribution >= 0.6 is 11.8 Å². The van der Waals surface area contributed by atoms with Crippen LogP contribution in [-0.2, 0) is 4.74 Å². The highest BCUT2D eigenvalue weighted by Crippen LogP contribution is 2.21. The van der Waals surface area contributed by atoms with Gasteiger partial charge in [0.05, 0.1) is 17.8 Å². The first-order valence-electron chi connectivity index (χ1n) is 6.53. The molecule has 0 fully saturated rings. The molecule has 0 saturated heterocycles. The summed E-state index contributed by atoms with van der Waals surface area (Å²) < 4.78 is 4.94. The van der Waals surface area contributed by atoms with E-state index >= 15 is 0 Å². The molecule has 0 amide bonds. The normalized spacial score (nSPS) is 11.0. The van der Waals surface area contributed by atoms with E-state index in [0.29, 0.717) is 23.0 Å². The molecular formula is C15H14N4O2S. The van der Waals surface area contributed by atoms with Crippen molar-refractivity contribution in [2.45, 2.75) is 6.92 Å². The number of carbonyl (C=O) groups excluding carboxylic acids is 1. The van der Waals surface area contributed by atoms with Crippen LogP contribution in [0.2, 0.25) is 0 Å². The maximum Gasteiger partial charge on any atom is 0.356 e. The summed E-state index contributed by atoms with van der Waals surface area (Å²) in [7, 11) is 0. The molecular weight excluding hydrogens is 300 g/mol. The molecule has 0 bridgehead atoms. The Kier molecular flexibility index (Phi) is 5.33. The first-order valence-corrected chi connectivity index (χ1v) is 7.76. The van der Waals surface area contributed by atoms with Gasteiger partial charge in [-0.2, -0.15) is 5.26 Å². The monoisotopic (exact) mass is 314 g/mol. The van der Waals surface area contributed by atoms with Gasteiger partial charge in [0, 0.05) is 5.39 Å². The van der Waals surface area contributed by atoms with Crippen molar-refractivity contribution >= 4 is 39.5 Å². The van der Waals surface area contributed by atoms with E-state index in [9.17, 15) is 4.79 Å². The van der Waals surface area contributed by atoms with Crippen molar-refractivity contribution in [3.05, 3.63) is 36.0 Å².